The van der Waals surface area contributed by atoms with E-state index >= 15 is 0 Å². The third-order valence-corrected chi connectivity index (χ3v) is 10.6. The van der Waals surface area contributed by atoms with Crippen LogP contribution in [-0.4, -0.2) is 29.9 Å². The summed E-state index contributed by atoms with van der Waals surface area (Å²) in [5, 5.41) is 0. The van der Waals surface area contributed by atoms with Gasteiger partial charge in [0.1, 0.15) is 0 Å². The van der Waals surface area contributed by atoms with Gasteiger partial charge in [-0.15, -0.1) is 0 Å². The molecule has 0 aliphatic rings. The second-order valence-corrected chi connectivity index (χ2v) is 12.2. The first-order chi connectivity index (χ1) is 11.3. The SMILES string of the molecule is C=CC(CCCCC)C([Se]c1ccccc1)[Se]c1ccccc1. The van der Waals surface area contributed by atoms with Crippen molar-refractivity contribution in [2.24, 2.45) is 5.92 Å². The first-order valence-electron chi connectivity index (χ1n) is 8.39. The van der Waals surface area contributed by atoms with Crippen molar-refractivity contribution in [3.63, 3.8) is 0 Å². The van der Waals surface area contributed by atoms with Gasteiger partial charge in [0.15, 0.2) is 0 Å². The number of allylic oxidation sites excluding steroid dienone is 1. The van der Waals surface area contributed by atoms with Crippen LogP contribution in [0.1, 0.15) is 32.6 Å². The van der Waals surface area contributed by atoms with Crippen LogP contribution in [0, 0.1) is 5.92 Å². The van der Waals surface area contributed by atoms with Crippen LogP contribution in [0.15, 0.2) is 73.3 Å². The van der Waals surface area contributed by atoms with Crippen LogP contribution in [0.25, 0.3) is 0 Å². The molecule has 23 heavy (non-hydrogen) atoms. The predicted molar refractivity (Wildman–Crippen MR) is 105 cm³/mol. The summed E-state index contributed by atoms with van der Waals surface area (Å²) in [7, 11) is 0. The molecule has 0 saturated heterocycles. The summed E-state index contributed by atoms with van der Waals surface area (Å²) in [5.74, 6) is 0.655. The van der Waals surface area contributed by atoms with Crippen LogP contribution in [0.3, 0.4) is 0 Å². The average Bonchev–Trinajstić information content (AvgIpc) is 2.60. The van der Waals surface area contributed by atoms with E-state index < -0.39 is 0 Å². The van der Waals surface area contributed by atoms with E-state index in [1.165, 1.54) is 34.6 Å². The first kappa shape index (κ1) is 18.6. The predicted octanol–water partition coefficient (Wildman–Crippen LogP) is 4.17. The normalized spacial score (nSPS) is 12.3. The molecule has 2 aromatic rings. The van der Waals surface area contributed by atoms with Crippen molar-refractivity contribution < 1.29 is 0 Å². The molecular formula is C21H26Se2. The fourth-order valence-electron chi connectivity index (χ4n) is 2.46. The number of rotatable bonds is 10. The molecule has 2 aromatic carbocycles. The molecule has 0 nitrogen and oxygen atoms in total. The Morgan fingerprint density at radius 2 is 1.39 bits per heavy atom. The molecule has 1 unspecified atom stereocenters. The second kappa shape index (κ2) is 10.9. The third kappa shape index (κ3) is 6.69. The maximum atomic E-state index is 4.16. The van der Waals surface area contributed by atoms with Gasteiger partial charge in [0.2, 0.25) is 0 Å². The Labute approximate surface area is 154 Å². The summed E-state index contributed by atoms with van der Waals surface area (Å²) in [6.45, 7) is 6.44. The van der Waals surface area contributed by atoms with Gasteiger partial charge in [0, 0.05) is 0 Å². The molecule has 0 N–H and O–H groups in total. The fraction of sp³-hybridized carbons (Fsp3) is 0.333. The third-order valence-electron chi connectivity index (χ3n) is 3.78. The Morgan fingerprint density at radius 1 is 0.870 bits per heavy atom. The molecule has 0 fully saturated rings. The van der Waals surface area contributed by atoms with Crippen molar-refractivity contribution in [2.75, 3.05) is 0 Å². The van der Waals surface area contributed by atoms with Crippen molar-refractivity contribution in [1.29, 1.82) is 0 Å². The minimum absolute atomic E-state index is 0.516. The Bertz CT molecular complexity index is 509. The van der Waals surface area contributed by atoms with Crippen LogP contribution >= 0.6 is 0 Å². The molecule has 1 atom stereocenters. The standard InChI is InChI=1S/C21H26Se2/c1-3-5-8-13-18(4-2)21(22-19-14-9-6-10-15-19)23-20-16-11-7-12-17-20/h4,6-7,9-12,14-18,21H,2-3,5,8,13H2,1H3. The van der Waals surface area contributed by atoms with Crippen molar-refractivity contribution in [2.45, 2.75) is 36.3 Å². The Balaban J connectivity index is 2.10. The maximum absolute atomic E-state index is 4.16. The molecule has 0 aliphatic carbocycles. The summed E-state index contributed by atoms with van der Waals surface area (Å²) in [6, 6.07) is 22.1. The van der Waals surface area contributed by atoms with Crippen LogP contribution < -0.4 is 8.92 Å². The van der Waals surface area contributed by atoms with Crippen molar-refractivity contribution in [1.82, 2.24) is 0 Å². The number of benzene rings is 2. The van der Waals surface area contributed by atoms with Crippen LogP contribution in [-0.2, 0) is 0 Å². The Hall–Kier alpha value is -0.781. The zero-order chi connectivity index (χ0) is 16.3. The molecule has 2 rings (SSSR count). The van der Waals surface area contributed by atoms with E-state index in [2.05, 4.69) is 80.2 Å². The van der Waals surface area contributed by atoms with Gasteiger partial charge in [-0.1, -0.05) is 0 Å². The van der Waals surface area contributed by atoms with Gasteiger partial charge in [-0.05, 0) is 0 Å². The molecule has 0 heterocycles. The molecule has 0 spiro atoms. The topological polar surface area (TPSA) is 0 Å². The summed E-state index contributed by atoms with van der Waals surface area (Å²) >= 11 is 1.03. The van der Waals surface area contributed by atoms with E-state index in [0.29, 0.717) is 35.8 Å². The van der Waals surface area contributed by atoms with E-state index in [1.54, 1.807) is 0 Å². The van der Waals surface area contributed by atoms with Gasteiger partial charge >= 0.3 is 154 Å². The van der Waals surface area contributed by atoms with Gasteiger partial charge in [0.25, 0.3) is 0 Å². The number of hydrogen-bond acceptors (Lipinski definition) is 0. The van der Waals surface area contributed by atoms with Gasteiger partial charge in [-0.3, -0.25) is 0 Å². The van der Waals surface area contributed by atoms with Crippen molar-refractivity contribution in [3.8, 4) is 0 Å². The van der Waals surface area contributed by atoms with E-state index in [9.17, 15) is 0 Å². The molecule has 0 amide bonds. The Morgan fingerprint density at radius 3 is 1.83 bits per heavy atom. The molecule has 0 aromatic heterocycles. The zero-order valence-corrected chi connectivity index (χ0v) is 17.3. The van der Waals surface area contributed by atoms with Crippen LogP contribution in [0.4, 0.5) is 0 Å². The quantitative estimate of drug-likeness (QED) is 0.298. The summed E-state index contributed by atoms with van der Waals surface area (Å²) in [5.41, 5.74) is 0. The fourth-order valence-corrected chi connectivity index (χ4v) is 9.72. The van der Waals surface area contributed by atoms with Gasteiger partial charge in [0.05, 0.1) is 0 Å². The average molecular weight is 436 g/mol. The summed E-state index contributed by atoms with van der Waals surface area (Å²) < 4.78 is 3.80. The van der Waals surface area contributed by atoms with Gasteiger partial charge < -0.3 is 0 Å². The number of hydrogen-bond donors (Lipinski definition) is 0. The number of unbranched alkanes of at least 4 members (excludes halogenated alkanes) is 2. The molecule has 0 saturated carbocycles. The van der Waals surface area contributed by atoms with Crippen LogP contribution in [0.2, 0.25) is 3.71 Å². The van der Waals surface area contributed by atoms with E-state index in [1.807, 2.05) is 0 Å². The van der Waals surface area contributed by atoms with Crippen molar-refractivity contribution >= 4 is 38.8 Å². The van der Waals surface area contributed by atoms with Crippen molar-refractivity contribution in [3.05, 3.63) is 73.3 Å². The molecular weight excluding hydrogens is 410 g/mol. The Kier molecular flexibility index (Phi) is 8.79. The molecule has 2 heteroatoms. The monoisotopic (exact) mass is 438 g/mol. The first-order valence-corrected chi connectivity index (χ1v) is 12.1. The van der Waals surface area contributed by atoms with Crippen LogP contribution in [0.5, 0.6) is 0 Å². The zero-order valence-electron chi connectivity index (χ0n) is 13.9. The second-order valence-electron chi connectivity index (χ2n) is 5.63. The van der Waals surface area contributed by atoms with E-state index in [0.717, 1.165) is 3.71 Å². The van der Waals surface area contributed by atoms with E-state index in [4.69, 9.17) is 0 Å². The molecule has 122 valence electrons. The summed E-state index contributed by atoms with van der Waals surface area (Å²) in [4.78, 5) is 0. The molecule has 0 radical (unpaired) electrons. The van der Waals surface area contributed by atoms with Gasteiger partial charge in [-0.25, -0.2) is 0 Å². The molecule has 0 bridgehead atoms. The van der Waals surface area contributed by atoms with E-state index in [-0.39, 0.29) is 0 Å². The van der Waals surface area contributed by atoms with Gasteiger partial charge in [-0.2, -0.15) is 0 Å². The molecule has 0 aliphatic heterocycles. The summed E-state index contributed by atoms with van der Waals surface area (Å²) in [6.07, 6.45) is 7.50. The minimum atomic E-state index is 0.516.